The molecule has 0 bridgehead atoms. The summed E-state index contributed by atoms with van der Waals surface area (Å²) in [4.78, 5) is 43.4. The first-order valence-corrected chi connectivity index (χ1v) is 21.1. The quantitative estimate of drug-likeness (QED) is 0.0577. The van der Waals surface area contributed by atoms with Crippen LogP contribution in [0.3, 0.4) is 0 Å². The van der Waals surface area contributed by atoms with Crippen LogP contribution in [0.1, 0.15) is 112 Å². The van der Waals surface area contributed by atoms with Crippen molar-refractivity contribution in [2.75, 3.05) is 33.9 Å². The lowest BCUT2D eigenvalue weighted by molar-refractivity contribution is -0.119. The molecule has 0 saturated heterocycles. The van der Waals surface area contributed by atoms with Crippen LogP contribution in [0.5, 0.6) is 11.5 Å². The molecule has 2 aliphatic rings. The Hall–Kier alpha value is -5.60. The van der Waals surface area contributed by atoms with Crippen LogP contribution in [0.2, 0.25) is 0 Å². The van der Waals surface area contributed by atoms with Crippen molar-refractivity contribution in [3.05, 3.63) is 166 Å². The Morgan fingerprint density at radius 3 is 1.92 bits per heavy atom. The molecule has 7 nitrogen and oxygen atoms in total. The summed E-state index contributed by atoms with van der Waals surface area (Å²) in [5.74, 6) is 0.992. The number of hydrogen-bond acceptors (Lipinski definition) is 6. The summed E-state index contributed by atoms with van der Waals surface area (Å²) in [5, 5.41) is 0. The van der Waals surface area contributed by atoms with Gasteiger partial charge in [-0.15, -0.1) is 0 Å². The summed E-state index contributed by atoms with van der Waals surface area (Å²) >= 11 is 0. The molecule has 2 amide bonds. The standard InChI is InChI=1S/C51H55FN2O5/c1-58-47-35-38-29-34-53(46(45(38)36-48(47)59-2)22-11-12-33-54-49(56)43-20-9-10-21-44(43)50(54)57)32-14-31-51(39-15-5-3-6-16-39,40-17-7-4-8-18-40)30-13-19-42(55)28-25-37-23-26-41(52)27-24-37/h3-10,15-18,20-21,23-24,26-27,35-36,46H,11-14,19,22,25,28-34H2,1-2H3. The zero-order valence-electron chi connectivity index (χ0n) is 34.3. The predicted molar refractivity (Wildman–Crippen MR) is 230 cm³/mol. The Morgan fingerprint density at radius 2 is 1.29 bits per heavy atom. The normalized spacial score (nSPS) is 15.2. The lowest BCUT2D eigenvalue weighted by atomic mass is 9.68. The number of amides is 2. The van der Waals surface area contributed by atoms with Crippen LogP contribution in [-0.4, -0.2) is 61.3 Å². The molecule has 5 aromatic rings. The number of Topliss-reactive ketones (excluding diaryl/α,β-unsaturated/α-hetero) is 1. The highest BCUT2D eigenvalue weighted by molar-refractivity contribution is 6.21. The van der Waals surface area contributed by atoms with Gasteiger partial charge < -0.3 is 9.47 Å². The monoisotopic (exact) mass is 794 g/mol. The Bertz CT molecular complexity index is 2130. The first-order chi connectivity index (χ1) is 28.8. The molecule has 59 heavy (non-hydrogen) atoms. The molecule has 2 heterocycles. The van der Waals surface area contributed by atoms with E-state index in [1.165, 1.54) is 39.3 Å². The zero-order chi connectivity index (χ0) is 41.2. The number of ether oxygens (including phenoxy) is 2. The fourth-order valence-corrected chi connectivity index (χ4v) is 9.35. The molecule has 0 saturated carbocycles. The van der Waals surface area contributed by atoms with Crippen LogP contribution in [0.15, 0.2) is 121 Å². The number of unbranched alkanes of at least 4 members (excludes halogenated alkanes) is 1. The Morgan fingerprint density at radius 1 is 0.695 bits per heavy atom. The van der Waals surface area contributed by atoms with E-state index in [4.69, 9.17) is 9.47 Å². The van der Waals surface area contributed by atoms with E-state index in [0.717, 1.165) is 69.3 Å². The van der Waals surface area contributed by atoms with E-state index in [2.05, 4.69) is 77.7 Å². The third-order valence-electron chi connectivity index (χ3n) is 12.5. The van der Waals surface area contributed by atoms with Crippen LogP contribution in [0.25, 0.3) is 0 Å². The van der Waals surface area contributed by atoms with Gasteiger partial charge in [0.2, 0.25) is 0 Å². The van der Waals surface area contributed by atoms with Crippen molar-refractivity contribution in [3.63, 3.8) is 0 Å². The van der Waals surface area contributed by atoms with Crippen LogP contribution in [-0.2, 0) is 23.1 Å². The molecule has 0 N–H and O–H groups in total. The second kappa shape index (κ2) is 19.4. The summed E-state index contributed by atoms with van der Waals surface area (Å²) in [6.45, 7) is 2.18. The molecule has 8 heteroatoms. The maximum atomic E-state index is 13.4. The number of hydrogen-bond donors (Lipinski definition) is 0. The van der Waals surface area contributed by atoms with Crippen LogP contribution in [0.4, 0.5) is 4.39 Å². The van der Waals surface area contributed by atoms with Crippen molar-refractivity contribution in [2.45, 2.75) is 82.1 Å². The van der Waals surface area contributed by atoms with E-state index in [-0.39, 0.29) is 34.9 Å². The number of halogens is 1. The van der Waals surface area contributed by atoms with Crippen molar-refractivity contribution in [1.82, 2.24) is 9.80 Å². The molecule has 0 spiro atoms. The highest BCUT2D eigenvalue weighted by atomic mass is 19.1. The number of methoxy groups -OCH3 is 2. The molecule has 1 unspecified atom stereocenters. The van der Waals surface area contributed by atoms with Gasteiger partial charge in [0.15, 0.2) is 11.5 Å². The molecular formula is C51H55FN2O5. The Labute approximate surface area is 348 Å². The third kappa shape index (κ3) is 9.49. The van der Waals surface area contributed by atoms with Gasteiger partial charge in [-0.05, 0) is 129 Å². The van der Waals surface area contributed by atoms with E-state index in [9.17, 15) is 18.8 Å². The topological polar surface area (TPSA) is 76.2 Å². The van der Waals surface area contributed by atoms with Crippen molar-refractivity contribution in [3.8, 4) is 11.5 Å². The SMILES string of the molecule is COc1cc2c(cc1OC)C(CCCCN1C(=O)c3ccccc3C1=O)N(CCCC(CCCC(=O)CCc1ccc(F)cc1)(c1ccccc1)c1ccccc1)CC2. The van der Waals surface area contributed by atoms with Gasteiger partial charge >= 0.3 is 0 Å². The number of carbonyl (C=O) groups is 3. The number of nitrogens with zero attached hydrogens (tertiary/aromatic N) is 2. The van der Waals surface area contributed by atoms with Crippen LogP contribution in [0, 0.1) is 5.82 Å². The first-order valence-electron chi connectivity index (χ1n) is 21.1. The van der Waals surface area contributed by atoms with Crippen LogP contribution >= 0.6 is 0 Å². The molecule has 2 aliphatic heterocycles. The summed E-state index contributed by atoms with van der Waals surface area (Å²) in [6.07, 6.45) is 8.33. The Kier molecular flexibility index (Phi) is 13.7. The molecule has 5 aromatic carbocycles. The van der Waals surface area contributed by atoms with Gasteiger partial charge in [0.25, 0.3) is 11.8 Å². The minimum Gasteiger partial charge on any atom is -0.493 e. The average Bonchev–Trinajstić information content (AvgIpc) is 3.52. The highest BCUT2D eigenvalue weighted by Crippen LogP contribution is 2.44. The minimum absolute atomic E-state index is 0.127. The van der Waals surface area contributed by atoms with E-state index < -0.39 is 0 Å². The number of imide groups is 1. The fraction of sp³-hybridized carbons (Fsp3) is 0.353. The molecule has 0 aliphatic carbocycles. The summed E-state index contributed by atoms with van der Waals surface area (Å²) in [5.41, 5.74) is 6.68. The van der Waals surface area contributed by atoms with Crippen LogP contribution < -0.4 is 9.47 Å². The Balaban J connectivity index is 1.07. The minimum atomic E-state index is -0.286. The molecule has 1 atom stereocenters. The molecule has 7 rings (SSSR count). The summed E-state index contributed by atoms with van der Waals surface area (Å²) < 4.78 is 24.9. The van der Waals surface area contributed by atoms with E-state index in [1.807, 2.05) is 0 Å². The second-order valence-electron chi connectivity index (χ2n) is 15.9. The third-order valence-corrected chi connectivity index (χ3v) is 12.5. The van der Waals surface area contributed by atoms with Gasteiger partial charge in [0.05, 0.1) is 25.3 Å². The number of ketones is 1. The second-order valence-corrected chi connectivity index (χ2v) is 15.9. The van der Waals surface area contributed by atoms with Crippen molar-refractivity contribution >= 4 is 17.6 Å². The lowest BCUT2D eigenvalue weighted by Crippen LogP contribution is -2.37. The molecule has 0 aromatic heterocycles. The van der Waals surface area contributed by atoms with E-state index in [0.29, 0.717) is 49.1 Å². The number of carbonyl (C=O) groups excluding carboxylic acids is 3. The summed E-state index contributed by atoms with van der Waals surface area (Å²) in [6, 6.07) is 39.4. The molecule has 0 radical (unpaired) electrons. The number of benzene rings is 5. The van der Waals surface area contributed by atoms with E-state index in [1.54, 1.807) is 50.6 Å². The number of aryl methyl sites for hydroxylation is 1. The first kappa shape index (κ1) is 41.6. The maximum absolute atomic E-state index is 13.4. The zero-order valence-corrected chi connectivity index (χ0v) is 34.3. The van der Waals surface area contributed by atoms with Gasteiger partial charge in [-0.25, -0.2) is 4.39 Å². The van der Waals surface area contributed by atoms with Gasteiger partial charge in [-0.3, -0.25) is 24.2 Å². The smallest absolute Gasteiger partial charge is 0.261 e. The van der Waals surface area contributed by atoms with Gasteiger partial charge in [0, 0.05) is 37.4 Å². The fourth-order valence-electron chi connectivity index (χ4n) is 9.35. The van der Waals surface area contributed by atoms with E-state index >= 15 is 0 Å². The van der Waals surface area contributed by atoms with Crippen molar-refractivity contribution in [2.24, 2.45) is 0 Å². The maximum Gasteiger partial charge on any atom is 0.261 e. The molecule has 306 valence electrons. The summed E-state index contributed by atoms with van der Waals surface area (Å²) in [7, 11) is 3.35. The number of rotatable bonds is 20. The van der Waals surface area contributed by atoms with Gasteiger partial charge in [-0.1, -0.05) is 84.9 Å². The van der Waals surface area contributed by atoms with Gasteiger partial charge in [-0.2, -0.15) is 0 Å². The van der Waals surface area contributed by atoms with Crippen molar-refractivity contribution < 1.29 is 28.2 Å². The van der Waals surface area contributed by atoms with Gasteiger partial charge in [0.1, 0.15) is 11.6 Å². The molecular weight excluding hydrogens is 740 g/mol. The number of fused-ring (bicyclic) bond motifs is 2. The highest BCUT2D eigenvalue weighted by Gasteiger charge is 2.36. The average molecular weight is 795 g/mol. The van der Waals surface area contributed by atoms with Crippen molar-refractivity contribution in [1.29, 1.82) is 0 Å². The largest absolute Gasteiger partial charge is 0.493 e. The molecule has 0 fully saturated rings. The predicted octanol–water partition coefficient (Wildman–Crippen LogP) is 10.3. The lowest BCUT2D eigenvalue weighted by Gasteiger charge is -2.40.